The molecule has 0 saturated carbocycles. The molecule has 0 fully saturated rings. The maximum absolute atomic E-state index is 5.92. The summed E-state index contributed by atoms with van der Waals surface area (Å²) in [4.78, 5) is 0. The van der Waals surface area contributed by atoms with Gasteiger partial charge in [-0.15, -0.1) is 0 Å². The van der Waals surface area contributed by atoms with Crippen molar-refractivity contribution in [2.24, 2.45) is 5.92 Å². The zero-order chi connectivity index (χ0) is 12.1. The molecule has 0 bridgehead atoms. The monoisotopic (exact) mass is 222 g/mol. The molecule has 0 saturated heterocycles. The molecule has 0 aromatic heterocycles. The molecule has 16 heavy (non-hydrogen) atoms. The maximum Gasteiger partial charge on any atom is 0.121 e. The number of nitrogens with two attached hydrogens (primary N) is 1. The lowest BCUT2D eigenvalue weighted by Crippen LogP contribution is -2.23. The van der Waals surface area contributed by atoms with Gasteiger partial charge in [0.15, 0.2) is 0 Å². The van der Waals surface area contributed by atoms with Gasteiger partial charge in [-0.05, 0) is 25.0 Å². The minimum Gasteiger partial charge on any atom is -0.497 e. The molecule has 0 aliphatic heterocycles. The average Bonchev–Trinajstić information content (AvgIpc) is 2.30. The lowest BCUT2D eigenvalue weighted by Gasteiger charge is -2.22. The number of benzene rings is 1. The van der Waals surface area contributed by atoms with E-state index in [2.05, 4.69) is 26.1 Å². The molecule has 0 spiro atoms. The highest BCUT2D eigenvalue weighted by Gasteiger charge is 2.11. The van der Waals surface area contributed by atoms with E-state index in [1.165, 1.54) is 0 Å². The summed E-state index contributed by atoms with van der Waals surface area (Å²) in [7, 11) is 1.66. The predicted molar refractivity (Wildman–Crippen MR) is 69.9 cm³/mol. The Balaban J connectivity index is 2.79. The maximum atomic E-state index is 5.92. The van der Waals surface area contributed by atoms with Crippen LogP contribution in [-0.4, -0.2) is 13.2 Å². The zero-order valence-corrected chi connectivity index (χ0v) is 10.6. The van der Waals surface area contributed by atoms with Gasteiger partial charge in [0.2, 0.25) is 0 Å². The Morgan fingerprint density at radius 3 is 2.62 bits per heavy atom. The van der Waals surface area contributed by atoms with E-state index in [9.17, 15) is 0 Å². The van der Waals surface area contributed by atoms with Crippen LogP contribution in [0, 0.1) is 5.92 Å². The molecule has 0 radical (unpaired) electrons. The molecule has 1 aromatic rings. The third-order valence-corrected chi connectivity index (χ3v) is 3.14. The molecule has 3 nitrogen and oxygen atoms in total. The van der Waals surface area contributed by atoms with Crippen LogP contribution < -0.4 is 15.8 Å². The van der Waals surface area contributed by atoms with E-state index in [1.807, 2.05) is 18.2 Å². The summed E-state index contributed by atoms with van der Waals surface area (Å²) >= 11 is 0. The fourth-order valence-electron chi connectivity index (χ4n) is 1.53. The molecule has 1 aromatic carbocycles. The molecule has 1 rings (SSSR count). The number of anilines is 2. The third kappa shape index (κ3) is 3.05. The van der Waals surface area contributed by atoms with Crippen molar-refractivity contribution in [3.8, 4) is 5.75 Å². The Bertz CT molecular complexity index is 339. The fourth-order valence-corrected chi connectivity index (χ4v) is 1.53. The van der Waals surface area contributed by atoms with Crippen molar-refractivity contribution in [2.45, 2.75) is 33.2 Å². The van der Waals surface area contributed by atoms with Crippen molar-refractivity contribution >= 4 is 11.4 Å². The number of nitrogens with one attached hydrogen (secondary N) is 1. The van der Waals surface area contributed by atoms with E-state index in [0.717, 1.165) is 23.5 Å². The number of methoxy groups -OCH3 is 1. The molecule has 3 N–H and O–H groups in total. The Morgan fingerprint density at radius 1 is 1.38 bits per heavy atom. The average molecular weight is 222 g/mol. The minimum atomic E-state index is 0.402. The van der Waals surface area contributed by atoms with Gasteiger partial charge in [-0.3, -0.25) is 0 Å². The highest BCUT2D eigenvalue weighted by atomic mass is 16.5. The molecular formula is C13H22N2O. The number of rotatable bonds is 5. The van der Waals surface area contributed by atoms with Crippen LogP contribution >= 0.6 is 0 Å². The number of hydrogen-bond donors (Lipinski definition) is 2. The van der Waals surface area contributed by atoms with Crippen LogP contribution in [0.1, 0.15) is 27.2 Å². The first-order chi connectivity index (χ1) is 7.58. The molecule has 2 atom stereocenters. The van der Waals surface area contributed by atoms with Crippen LogP contribution in [0.2, 0.25) is 0 Å². The first-order valence-electron chi connectivity index (χ1n) is 5.78. The molecule has 3 heteroatoms. The van der Waals surface area contributed by atoms with Gasteiger partial charge in [-0.2, -0.15) is 0 Å². The van der Waals surface area contributed by atoms with Gasteiger partial charge in [0.1, 0.15) is 5.75 Å². The van der Waals surface area contributed by atoms with Gasteiger partial charge in [0.05, 0.1) is 18.5 Å². The highest BCUT2D eigenvalue weighted by Crippen LogP contribution is 2.26. The van der Waals surface area contributed by atoms with Crippen molar-refractivity contribution in [3.63, 3.8) is 0 Å². The summed E-state index contributed by atoms with van der Waals surface area (Å²) in [6.45, 7) is 6.60. The topological polar surface area (TPSA) is 47.3 Å². The smallest absolute Gasteiger partial charge is 0.121 e. The third-order valence-electron chi connectivity index (χ3n) is 3.14. The van der Waals surface area contributed by atoms with Crippen molar-refractivity contribution in [3.05, 3.63) is 18.2 Å². The summed E-state index contributed by atoms with van der Waals surface area (Å²) in [6, 6.07) is 6.08. The molecule has 0 aliphatic rings. The van der Waals surface area contributed by atoms with Crippen LogP contribution in [0.4, 0.5) is 11.4 Å². The quantitative estimate of drug-likeness (QED) is 0.752. The largest absolute Gasteiger partial charge is 0.497 e. The van der Waals surface area contributed by atoms with Gasteiger partial charge in [-0.1, -0.05) is 20.3 Å². The number of ether oxygens (including phenoxy) is 1. The second kappa shape index (κ2) is 5.64. The molecular weight excluding hydrogens is 200 g/mol. The van der Waals surface area contributed by atoms with Gasteiger partial charge in [0, 0.05) is 12.1 Å². The fraction of sp³-hybridized carbons (Fsp3) is 0.538. The van der Waals surface area contributed by atoms with E-state index in [4.69, 9.17) is 10.5 Å². The van der Waals surface area contributed by atoms with Crippen LogP contribution in [0.15, 0.2) is 18.2 Å². The Labute approximate surface area is 98.0 Å². The van der Waals surface area contributed by atoms with Crippen molar-refractivity contribution in [1.29, 1.82) is 0 Å². The van der Waals surface area contributed by atoms with Crippen LogP contribution in [0.5, 0.6) is 5.75 Å². The van der Waals surface area contributed by atoms with E-state index < -0.39 is 0 Å². The molecule has 0 amide bonds. The molecule has 90 valence electrons. The first-order valence-corrected chi connectivity index (χ1v) is 5.78. The second-order valence-corrected chi connectivity index (χ2v) is 4.27. The molecule has 0 aliphatic carbocycles. The van der Waals surface area contributed by atoms with Crippen LogP contribution in [0.3, 0.4) is 0 Å². The first kappa shape index (κ1) is 12.7. The molecule has 0 heterocycles. The van der Waals surface area contributed by atoms with Crippen molar-refractivity contribution in [2.75, 3.05) is 18.2 Å². The lowest BCUT2D eigenvalue weighted by atomic mass is 10.0. The number of nitrogen functional groups attached to an aromatic ring is 1. The minimum absolute atomic E-state index is 0.402. The highest BCUT2D eigenvalue weighted by molar-refractivity contribution is 5.68. The van der Waals surface area contributed by atoms with Gasteiger partial charge < -0.3 is 15.8 Å². The van der Waals surface area contributed by atoms with Crippen molar-refractivity contribution in [1.82, 2.24) is 0 Å². The van der Waals surface area contributed by atoms with Gasteiger partial charge >= 0.3 is 0 Å². The van der Waals surface area contributed by atoms with E-state index in [-0.39, 0.29) is 0 Å². The van der Waals surface area contributed by atoms with E-state index in [1.54, 1.807) is 7.11 Å². The Morgan fingerprint density at radius 2 is 2.06 bits per heavy atom. The predicted octanol–water partition coefficient (Wildman–Crippen LogP) is 3.12. The van der Waals surface area contributed by atoms with Crippen LogP contribution in [0.25, 0.3) is 0 Å². The Hall–Kier alpha value is -1.38. The summed E-state index contributed by atoms with van der Waals surface area (Å²) in [5.41, 5.74) is 7.63. The van der Waals surface area contributed by atoms with Gasteiger partial charge in [0.25, 0.3) is 0 Å². The van der Waals surface area contributed by atoms with E-state index >= 15 is 0 Å². The zero-order valence-electron chi connectivity index (χ0n) is 10.6. The summed E-state index contributed by atoms with van der Waals surface area (Å²) in [5.74, 6) is 1.44. The second-order valence-electron chi connectivity index (χ2n) is 4.27. The summed E-state index contributed by atoms with van der Waals surface area (Å²) in [6.07, 6.45) is 1.15. The van der Waals surface area contributed by atoms with Crippen LogP contribution in [-0.2, 0) is 0 Å². The number of hydrogen-bond acceptors (Lipinski definition) is 3. The summed E-state index contributed by atoms with van der Waals surface area (Å²) < 4.78 is 5.18. The van der Waals surface area contributed by atoms with Crippen molar-refractivity contribution < 1.29 is 4.74 Å². The summed E-state index contributed by atoms with van der Waals surface area (Å²) in [5, 5.41) is 3.43. The standard InChI is InChI=1S/C13H22N2O/c1-5-9(2)10(3)15-13-8-11(16-4)6-7-12(13)14/h6-10,15H,5,14H2,1-4H3. The SMILES string of the molecule is CCC(C)C(C)Nc1cc(OC)ccc1N. The van der Waals surface area contributed by atoms with Gasteiger partial charge in [-0.25, -0.2) is 0 Å². The Kier molecular flexibility index (Phi) is 4.47. The molecule has 2 unspecified atom stereocenters. The normalized spacial score (nSPS) is 14.2. The lowest BCUT2D eigenvalue weighted by molar-refractivity contribution is 0.415. The van der Waals surface area contributed by atoms with E-state index in [0.29, 0.717) is 12.0 Å².